The molecule has 1 saturated carbocycles. The maximum absolute atomic E-state index is 12.0. The molecule has 17 heavy (non-hydrogen) atoms. The van der Waals surface area contributed by atoms with E-state index in [0.29, 0.717) is 11.6 Å². The van der Waals surface area contributed by atoms with Gasteiger partial charge in [-0.15, -0.1) is 0 Å². The lowest BCUT2D eigenvalue weighted by atomic mass is 9.95. The van der Waals surface area contributed by atoms with Gasteiger partial charge in [-0.05, 0) is 18.4 Å². The predicted molar refractivity (Wildman–Crippen MR) is 70.5 cm³/mol. The average molecular weight is 229 g/mol. The summed E-state index contributed by atoms with van der Waals surface area (Å²) in [5.74, 6) is -0.0249. The van der Waals surface area contributed by atoms with Gasteiger partial charge in [-0.3, -0.25) is 4.79 Å². The molecule has 1 amide bonds. The Labute approximate surface area is 103 Å². The van der Waals surface area contributed by atoms with E-state index in [2.05, 4.69) is 11.9 Å². The van der Waals surface area contributed by atoms with Crippen molar-refractivity contribution in [3.8, 4) is 0 Å². The molecule has 0 spiro atoms. The highest BCUT2D eigenvalue weighted by Gasteiger charge is 2.17. The molecule has 90 valence electrons. The second-order valence-corrected chi connectivity index (χ2v) is 4.65. The summed E-state index contributed by atoms with van der Waals surface area (Å²) in [6, 6.07) is 9.97. The van der Waals surface area contributed by atoms with Crippen molar-refractivity contribution < 1.29 is 4.79 Å². The number of hydrogen-bond acceptors (Lipinski definition) is 1. The van der Waals surface area contributed by atoms with Gasteiger partial charge in [0.25, 0.3) is 5.91 Å². The molecule has 0 bridgehead atoms. The third-order valence-electron chi connectivity index (χ3n) is 3.34. The van der Waals surface area contributed by atoms with Crippen LogP contribution in [0.4, 0.5) is 0 Å². The molecule has 0 aliphatic heterocycles. The molecule has 2 nitrogen and oxygen atoms in total. The number of nitrogens with one attached hydrogen (secondary N) is 1. The molecule has 1 N–H and O–H groups in total. The molecule has 0 aromatic heterocycles. The molecule has 1 fully saturated rings. The fraction of sp³-hybridized carbons (Fsp3) is 0.400. The molecule has 1 aliphatic carbocycles. The van der Waals surface area contributed by atoms with Crippen molar-refractivity contribution in [3.05, 3.63) is 42.5 Å². The zero-order valence-electron chi connectivity index (χ0n) is 10.1. The fourth-order valence-electron chi connectivity index (χ4n) is 2.29. The van der Waals surface area contributed by atoms with E-state index >= 15 is 0 Å². The molecule has 2 heteroatoms. The van der Waals surface area contributed by atoms with E-state index in [9.17, 15) is 4.79 Å². The minimum absolute atomic E-state index is 0.0249. The summed E-state index contributed by atoms with van der Waals surface area (Å²) >= 11 is 0. The molecule has 1 aliphatic rings. The van der Waals surface area contributed by atoms with Crippen LogP contribution in [0.1, 0.15) is 37.7 Å². The van der Waals surface area contributed by atoms with Crippen LogP contribution in [0.15, 0.2) is 36.9 Å². The molecule has 0 saturated heterocycles. The highest BCUT2D eigenvalue weighted by Crippen LogP contribution is 2.19. The number of hydrogen-bond donors (Lipinski definition) is 1. The Hall–Kier alpha value is -1.57. The molecular formula is C15H19NO. The van der Waals surface area contributed by atoms with Gasteiger partial charge < -0.3 is 5.32 Å². The van der Waals surface area contributed by atoms with E-state index in [0.717, 1.165) is 18.4 Å². The molecule has 0 heterocycles. The number of amides is 1. The van der Waals surface area contributed by atoms with Gasteiger partial charge in [0, 0.05) is 11.6 Å². The van der Waals surface area contributed by atoms with E-state index < -0.39 is 0 Å². The molecule has 0 atom stereocenters. The van der Waals surface area contributed by atoms with Gasteiger partial charge in [0.2, 0.25) is 0 Å². The van der Waals surface area contributed by atoms with Gasteiger partial charge in [0.15, 0.2) is 0 Å². The van der Waals surface area contributed by atoms with Crippen LogP contribution >= 0.6 is 0 Å². The van der Waals surface area contributed by atoms with Crippen LogP contribution in [0.3, 0.4) is 0 Å². The second-order valence-electron chi connectivity index (χ2n) is 4.65. The van der Waals surface area contributed by atoms with Gasteiger partial charge in [0.1, 0.15) is 0 Å². The minimum atomic E-state index is -0.0249. The van der Waals surface area contributed by atoms with E-state index in [1.54, 1.807) is 0 Å². The number of rotatable bonds is 3. The Morgan fingerprint density at radius 1 is 1.12 bits per heavy atom. The summed E-state index contributed by atoms with van der Waals surface area (Å²) in [5.41, 5.74) is 1.47. The summed E-state index contributed by atoms with van der Waals surface area (Å²) in [5, 5.41) is 3.08. The largest absolute Gasteiger partial charge is 0.349 e. The lowest BCUT2D eigenvalue weighted by molar-refractivity contribution is -0.116. The standard InChI is InChI=1S/C15H19NO/c1-12(13-8-4-2-5-9-13)15(17)16-14-10-6-3-7-11-14/h2,4-5,8-9,14H,1,3,6-7,10-11H2,(H,16,17). The number of benzene rings is 1. The van der Waals surface area contributed by atoms with Crippen LogP contribution in [-0.2, 0) is 4.79 Å². The molecule has 0 unspecified atom stereocenters. The first-order valence-corrected chi connectivity index (χ1v) is 6.32. The van der Waals surface area contributed by atoms with Crippen LogP contribution in [0.5, 0.6) is 0 Å². The minimum Gasteiger partial charge on any atom is -0.349 e. The van der Waals surface area contributed by atoms with Crippen LogP contribution in [0.2, 0.25) is 0 Å². The molecular weight excluding hydrogens is 210 g/mol. The molecule has 1 aromatic rings. The normalized spacial score (nSPS) is 16.5. The van der Waals surface area contributed by atoms with E-state index in [1.807, 2.05) is 30.3 Å². The smallest absolute Gasteiger partial charge is 0.251 e. The Kier molecular flexibility index (Phi) is 3.97. The van der Waals surface area contributed by atoms with Crippen molar-refractivity contribution in [2.24, 2.45) is 0 Å². The monoisotopic (exact) mass is 229 g/mol. The summed E-state index contributed by atoms with van der Waals surface area (Å²) < 4.78 is 0. The Balaban J connectivity index is 1.93. The van der Waals surface area contributed by atoms with E-state index in [-0.39, 0.29) is 5.91 Å². The first-order valence-electron chi connectivity index (χ1n) is 6.32. The maximum atomic E-state index is 12.0. The maximum Gasteiger partial charge on any atom is 0.251 e. The highest BCUT2D eigenvalue weighted by molar-refractivity contribution is 6.18. The van der Waals surface area contributed by atoms with Crippen LogP contribution in [0.25, 0.3) is 5.57 Å². The zero-order valence-corrected chi connectivity index (χ0v) is 10.1. The Bertz CT molecular complexity index is 391. The third-order valence-corrected chi connectivity index (χ3v) is 3.34. The topological polar surface area (TPSA) is 29.1 Å². The quantitative estimate of drug-likeness (QED) is 0.793. The van der Waals surface area contributed by atoms with Crippen molar-refractivity contribution in [2.45, 2.75) is 38.1 Å². The lowest BCUT2D eigenvalue weighted by Gasteiger charge is -2.23. The van der Waals surface area contributed by atoms with Crippen molar-refractivity contribution in [3.63, 3.8) is 0 Å². The second kappa shape index (κ2) is 5.67. The fourth-order valence-corrected chi connectivity index (χ4v) is 2.29. The van der Waals surface area contributed by atoms with Gasteiger partial charge in [-0.2, -0.15) is 0 Å². The van der Waals surface area contributed by atoms with Crippen LogP contribution in [-0.4, -0.2) is 11.9 Å². The SMILES string of the molecule is C=C(C(=O)NC1CCCCC1)c1ccccc1. The summed E-state index contributed by atoms with van der Waals surface area (Å²) in [6.45, 7) is 3.88. The van der Waals surface area contributed by atoms with Crippen molar-refractivity contribution in [1.82, 2.24) is 5.32 Å². The van der Waals surface area contributed by atoms with E-state index in [1.165, 1.54) is 19.3 Å². The molecule has 1 aromatic carbocycles. The third kappa shape index (κ3) is 3.19. The predicted octanol–water partition coefficient (Wildman–Crippen LogP) is 3.15. The highest BCUT2D eigenvalue weighted by atomic mass is 16.1. The van der Waals surface area contributed by atoms with Crippen molar-refractivity contribution in [1.29, 1.82) is 0 Å². The average Bonchev–Trinajstić information content (AvgIpc) is 2.40. The Morgan fingerprint density at radius 2 is 1.76 bits per heavy atom. The van der Waals surface area contributed by atoms with Crippen LogP contribution < -0.4 is 5.32 Å². The van der Waals surface area contributed by atoms with Crippen LogP contribution in [0, 0.1) is 0 Å². The van der Waals surface area contributed by atoms with Crippen molar-refractivity contribution in [2.75, 3.05) is 0 Å². The van der Waals surface area contributed by atoms with Gasteiger partial charge in [0.05, 0.1) is 0 Å². The molecule has 0 radical (unpaired) electrons. The summed E-state index contributed by atoms with van der Waals surface area (Å²) in [7, 11) is 0. The van der Waals surface area contributed by atoms with Gasteiger partial charge >= 0.3 is 0 Å². The van der Waals surface area contributed by atoms with Crippen molar-refractivity contribution >= 4 is 11.5 Å². The van der Waals surface area contributed by atoms with E-state index in [4.69, 9.17) is 0 Å². The molecule has 2 rings (SSSR count). The first kappa shape index (κ1) is 11.9. The van der Waals surface area contributed by atoms with Gasteiger partial charge in [-0.25, -0.2) is 0 Å². The summed E-state index contributed by atoms with van der Waals surface area (Å²) in [4.78, 5) is 12.0. The lowest BCUT2D eigenvalue weighted by Crippen LogP contribution is -2.36. The zero-order chi connectivity index (χ0) is 12.1. The first-order chi connectivity index (χ1) is 8.27. The number of carbonyl (C=O) groups excluding carboxylic acids is 1. The Morgan fingerprint density at radius 3 is 2.41 bits per heavy atom. The number of carbonyl (C=O) groups is 1. The van der Waals surface area contributed by atoms with Gasteiger partial charge in [-0.1, -0.05) is 56.2 Å². The summed E-state index contributed by atoms with van der Waals surface area (Å²) in [6.07, 6.45) is 5.96.